The van der Waals surface area contributed by atoms with Gasteiger partial charge in [-0.05, 0) is 48.4 Å². The van der Waals surface area contributed by atoms with E-state index in [0.29, 0.717) is 6.54 Å². The quantitative estimate of drug-likeness (QED) is 0.461. The van der Waals surface area contributed by atoms with Crippen molar-refractivity contribution in [3.05, 3.63) is 45.3 Å². The van der Waals surface area contributed by atoms with E-state index in [1.54, 1.807) is 0 Å². The zero-order chi connectivity index (χ0) is 12.0. The van der Waals surface area contributed by atoms with Crippen LogP contribution in [0.2, 0.25) is 0 Å². The first-order valence-corrected chi connectivity index (χ1v) is 5.35. The van der Waals surface area contributed by atoms with Crippen LogP contribution in [0.5, 0.6) is 0 Å². The van der Waals surface area contributed by atoms with E-state index in [-0.39, 0.29) is 12.5 Å². The molecule has 0 heterocycles. The van der Waals surface area contributed by atoms with Crippen LogP contribution in [0.15, 0.2) is 23.3 Å². The average molecular weight is 219 g/mol. The zero-order valence-corrected chi connectivity index (χ0v) is 9.72. The van der Waals surface area contributed by atoms with Crippen molar-refractivity contribution < 1.29 is 5.11 Å². The van der Waals surface area contributed by atoms with Crippen LogP contribution in [0, 0.1) is 19.8 Å². The number of rotatable bonds is 5. The van der Waals surface area contributed by atoms with Crippen molar-refractivity contribution in [1.29, 1.82) is 0 Å². The third kappa shape index (κ3) is 3.57. The molecule has 1 rings (SSSR count). The Balaban J connectivity index is 2.69. The molecular formula is C12H17N3O. The first kappa shape index (κ1) is 12.6. The second kappa shape index (κ2) is 6.16. The van der Waals surface area contributed by atoms with Crippen molar-refractivity contribution in [2.45, 2.75) is 20.3 Å². The molecule has 1 unspecified atom stereocenters. The lowest BCUT2D eigenvalue weighted by atomic mass is 9.97. The van der Waals surface area contributed by atoms with Gasteiger partial charge in [-0.2, -0.15) is 0 Å². The number of azide groups is 1. The predicted molar refractivity (Wildman–Crippen MR) is 64.2 cm³/mol. The van der Waals surface area contributed by atoms with Gasteiger partial charge < -0.3 is 5.11 Å². The van der Waals surface area contributed by atoms with Gasteiger partial charge in [-0.1, -0.05) is 23.3 Å². The van der Waals surface area contributed by atoms with Crippen LogP contribution >= 0.6 is 0 Å². The lowest BCUT2D eigenvalue weighted by molar-refractivity contribution is 0.230. The number of benzene rings is 1. The number of aryl methyl sites for hydroxylation is 2. The summed E-state index contributed by atoms with van der Waals surface area (Å²) in [6, 6.07) is 6.25. The molecule has 0 saturated heterocycles. The van der Waals surface area contributed by atoms with E-state index in [9.17, 15) is 0 Å². The van der Waals surface area contributed by atoms with E-state index in [4.69, 9.17) is 10.6 Å². The number of aliphatic hydroxyl groups is 1. The third-order valence-electron chi connectivity index (χ3n) is 2.76. The molecule has 0 bridgehead atoms. The fourth-order valence-electron chi connectivity index (χ4n) is 1.60. The summed E-state index contributed by atoms with van der Waals surface area (Å²) < 4.78 is 0. The van der Waals surface area contributed by atoms with Gasteiger partial charge >= 0.3 is 0 Å². The molecule has 0 amide bonds. The van der Waals surface area contributed by atoms with E-state index >= 15 is 0 Å². The van der Waals surface area contributed by atoms with Crippen LogP contribution < -0.4 is 0 Å². The number of hydrogen-bond acceptors (Lipinski definition) is 2. The van der Waals surface area contributed by atoms with Crippen molar-refractivity contribution in [3.8, 4) is 0 Å². The molecule has 4 heteroatoms. The summed E-state index contributed by atoms with van der Waals surface area (Å²) in [5.41, 5.74) is 11.9. The number of aliphatic hydroxyl groups excluding tert-OH is 1. The van der Waals surface area contributed by atoms with Gasteiger partial charge in [-0.15, -0.1) is 0 Å². The van der Waals surface area contributed by atoms with E-state index in [0.717, 1.165) is 6.42 Å². The molecule has 0 aliphatic heterocycles. The van der Waals surface area contributed by atoms with Gasteiger partial charge in [0, 0.05) is 18.1 Å². The van der Waals surface area contributed by atoms with Crippen LogP contribution in [0.3, 0.4) is 0 Å². The first-order valence-electron chi connectivity index (χ1n) is 5.35. The molecule has 0 spiro atoms. The summed E-state index contributed by atoms with van der Waals surface area (Å²) in [4.78, 5) is 2.71. The maximum absolute atomic E-state index is 9.15. The summed E-state index contributed by atoms with van der Waals surface area (Å²) in [6.07, 6.45) is 0.747. The molecule has 4 nitrogen and oxygen atoms in total. The minimum absolute atomic E-state index is 0.0120. The smallest absolute Gasteiger partial charge is 0.0463 e. The van der Waals surface area contributed by atoms with Gasteiger partial charge in [0.1, 0.15) is 0 Å². The van der Waals surface area contributed by atoms with Crippen molar-refractivity contribution in [3.63, 3.8) is 0 Å². The van der Waals surface area contributed by atoms with E-state index in [2.05, 4.69) is 42.1 Å². The van der Waals surface area contributed by atoms with Crippen LogP contribution in [0.25, 0.3) is 10.4 Å². The molecule has 0 aliphatic rings. The molecule has 0 radical (unpaired) electrons. The Hall–Kier alpha value is -1.51. The van der Waals surface area contributed by atoms with Crippen molar-refractivity contribution in [2.24, 2.45) is 11.0 Å². The van der Waals surface area contributed by atoms with Gasteiger partial charge in [-0.25, -0.2) is 0 Å². The monoisotopic (exact) mass is 219 g/mol. The van der Waals surface area contributed by atoms with Gasteiger partial charge in [0.15, 0.2) is 0 Å². The van der Waals surface area contributed by atoms with Crippen LogP contribution in [0.1, 0.15) is 16.7 Å². The molecule has 0 saturated carbocycles. The highest BCUT2D eigenvalue weighted by molar-refractivity contribution is 5.30. The fraction of sp³-hybridized carbons (Fsp3) is 0.500. The SMILES string of the molecule is Cc1ccc(CC(CO)CN=[N+]=[N-])cc1C. The highest BCUT2D eigenvalue weighted by Crippen LogP contribution is 2.14. The van der Waals surface area contributed by atoms with Gasteiger partial charge in [0.2, 0.25) is 0 Å². The highest BCUT2D eigenvalue weighted by atomic mass is 16.3. The van der Waals surface area contributed by atoms with Gasteiger partial charge in [0.25, 0.3) is 0 Å². The average Bonchev–Trinajstić information content (AvgIpc) is 2.29. The minimum Gasteiger partial charge on any atom is -0.396 e. The Morgan fingerprint density at radius 1 is 1.38 bits per heavy atom. The van der Waals surface area contributed by atoms with Crippen molar-refractivity contribution in [1.82, 2.24) is 0 Å². The van der Waals surface area contributed by atoms with Crippen molar-refractivity contribution in [2.75, 3.05) is 13.2 Å². The molecule has 1 N–H and O–H groups in total. The Morgan fingerprint density at radius 2 is 2.12 bits per heavy atom. The molecule has 1 aromatic carbocycles. The summed E-state index contributed by atoms with van der Waals surface area (Å²) in [7, 11) is 0. The normalized spacial score (nSPS) is 11.9. The first-order chi connectivity index (χ1) is 7.67. The van der Waals surface area contributed by atoms with Crippen LogP contribution in [-0.4, -0.2) is 18.3 Å². The molecular weight excluding hydrogens is 202 g/mol. The Kier molecular flexibility index (Phi) is 4.83. The van der Waals surface area contributed by atoms with E-state index < -0.39 is 0 Å². The Morgan fingerprint density at radius 3 is 2.69 bits per heavy atom. The van der Waals surface area contributed by atoms with Crippen molar-refractivity contribution >= 4 is 0 Å². The minimum atomic E-state index is 0.0120. The number of nitrogens with zero attached hydrogens (tertiary/aromatic N) is 3. The maximum atomic E-state index is 9.15. The topological polar surface area (TPSA) is 69.0 Å². The van der Waals surface area contributed by atoms with Gasteiger partial charge in [-0.3, -0.25) is 0 Å². The Labute approximate surface area is 95.5 Å². The molecule has 86 valence electrons. The maximum Gasteiger partial charge on any atom is 0.0463 e. The summed E-state index contributed by atoms with van der Waals surface area (Å²) in [6.45, 7) is 4.54. The lowest BCUT2D eigenvalue weighted by Crippen LogP contribution is -2.13. The van der Waals surface area contributed by atoms with Gasteiger partial charge in [0.05, 0.1) is 0 Å². The standard InChI is InChI=1S/C12H17N3O/c1-9-3-4-11(5-10(9)2)6-12(8-16)7-14-15-13/h3-5,12,16H,6-8H2,1-2H3. The second-order valence-corrected chi connectivity index (χ2v) is 4.08. The molecule has 0 aromatic heterocycles. The van der Waals surface area contributed by atoms with E-state index in [1.165, 1.54) is 16.7 Å². The molecule has 0 aliphatic carbocycles. The summed E-state index contributed by atoms with van der Waals surface area (Å²) >= 11 is 0. The number of hydrogen-bond donors (Lipinski definition) is 1. The molecule has 1 atom stereocenters. The second-order valence-electron chi connectivity index (χ2n) is 4.08. The Bertz CT molecular complexity index is 397. The lowest BCUT2D eigenvalue weighted by Gasteiger charge is -2.12. The molecule has 16 heavy (non-hydrogen) atoms. The van der Waals surface area contributed by atoms with Crippen LogP contribution in [0.4, 0.5) is 0 Å². The molecule has 1 aromatic rings. The third-order valence-corrected chi connectivity index (χ3v) is 2.76. The predicted octanol–water partition coefficient (Wildman–Crippen LogP) is 2.76. The highest BCUT2D eigenvalue weighted by Gasteiger charge is 2.07. The fourth-order valence-corrected chi connectivity index (χ4v) is 1.60. The van der Waals surface area contributed by atoms with E-state index in [1.807, 2.05) is 0 Å². The largest absolute Gasteiger partial charge is 0.396 e. The molecule has 0 fully saturated rings. The summed E-state index contributed by atoms with van der Waals surface area (Å²) in [5.74, 6) is 0.0120. The zero-order valence-electron chi connectivity index (χ0n) is 9.72. The van der Waals surface area contributed by atoms with Crippen LogP contribution in [-0.2, 0) is 6.42 Å². The summed E-state index contributed by atoms with van der Waals surface area (Å²) in [5, 5.41) is 12.7.